The average molecular weight is 568 g/mol. The summed E-state index contributed by atoms with van der Waals surface area (Å²) in [5, 5.41) is 43.3. The molecule has 0 bridgehead atoms. The quantitative estimate of drug-likeness (QED) is 0.141. The highest BCUT2D eigenvalue weighted by Gasteiger charge is 2.37. The number of fused-ring (bicyclic) bond motifs is 1. The molecule has 1 atom stereocenters. The average Bonchev–Trinajstić information content (AvgIpc) is 2.89. The highest BCUT2D eigenvalue weighted by molar-refractivity contribution is 5.93. The van der Waals surface area contributed by atoms with Crippen molar-refractivity contribution in [3.63, 3.8) is 0 Å². The first-order valence-corrected chi connectivity index (χ1v) is 13.1. The van der Waals surface area contributed by atoms with Crippen molar-refractivity contribution < 1.29 is 24.1 Å². The van der Waals surface area contributed by atoms with Crippen molar-refractivity contribution in [3.05, 3.63) is 55.6 Å². The van der Waals surface area contributed by atoms with Gasteiger partial charge in [-0.1, -0.05) is 6.92 Å². The Morgan fingerprint density at radius 3 is 2.46 bits per heavy atom. The topological polar surface area (TPSA) is 186 Å². The lowest BCUT2D eigenvalue weighted by Gasteiger charge is -2.47. The lowest BCUT2D eigenvalue weighted by molar-refractivity contribution is -0.393. The van der Waals surface area contributed by atoms with E-state index < -0.39 is 26.9 Å². The fraction of sp³-hybridized carbons (Fsp3) is 0.481. The number of nitro groups is 2. The van der Waals surface area contributed by atoms with Crippen LogP contribution in [-0.4, -0.2) is 54.3 Å². The SMILES string of the molecule is CCOCCOCCN1c2cc(NC(C)=O)c(N=Nc3c(C#N)cc([N+](=O)[O-])cc3[N+](=O)[O-])cc2[C@H](C)CC1(C)C. The Morgan fingerprint density at radius 1 is 1.15 bits per heavy atom. The van der Waals surface area contributed by atoms with Crippen LogP contribution in [0.3, 0.4) is 0 Å². The molecule has 0 unspecified atom stereocenters. The number of amides is 1. The van der Waals surface area contributed by atoms with Gasteiger partial charge in [-0.05, 0) is 50.8 Å². The molecule has 2 aromatic carbocycles. The second-order valence-electron chi connectivity index (χ2n) is 10.2. The van der Waals surface area contributed by atoms with Gasteiger partial charge in [-0.25, -0.2) is 0 Å². The van der Waals surface area contributed by atoms with Crippen LogP contribution in [0.1, 0.15) is 58.1 Å². The van der Waals surface area contributed by atoms with Gasteiger partial charge in [-0.3, -0.25) is 25.0 Å². The van der Waals surface area contributed by atoms with E-state index in [0.717, 1.165) is 29.8 Å². The molecule has 2 aromatic rings. The van der Waals surface area contributed by atoms with Crippen molar-refractivity contribution >= 4 is 40.0 Å². The second-order valence-corrected chi connectivity index (χ2v) is 10.2. The number of nitrogens with one attached hydrogen (secondary N) is 1. The molecular weight excluding hydrogens is 534 g/mol. The number of nitrogens with zero attached hydrogens (tertiary/aromatic N) is 6. The Morgan fingerprint density at radius 2 is 1.85 bits per heavy atom. The molecule has 1 aliphatic heterocycles. The van der Waals surface area contributed by atoms with Crippen LogP contribution < -0.4 is 10.2 Å². The van der Waals surface area contributed by atoms with Crippen LogP contribution in [-0.2, 0) is 14.3 Å². The number of hydrogen-bond acceptors (Lipinski definition) is 11. The number of rotatable bonds is 12. The van der Waals surface area contributed by atoms with Crippen LogP contribution >= 0.6 is 0 Å². The van der Waals surface area contributed by atoms with Crippen LogP contribution in [0.4, 0.5) is 34.1 Å². The minimum Gasteiger partial charge on any atom is -0.379 e. The molecule has 41 heavy (non-hydrogen) atoms. The summed E-state index contributed by atoms with van der Waals surface area (Å²) >= 11 is 0. The maximum absolute atomic E-state index is 12.1. The van der Waals surface area contributed by atoms with E-state index in [4.69, 9.17) is 9.47 Å². The maximum Gasteiger partial charge on any atom is 0.304 e. The van der Waals surface area contributed by atoms with E-state index in [0.29, 0.717) is 38.7 Å². The molecule has 0 aliphatic carbocycles. The standard InChI is InChI=1S/C27H33N7O7/c1-6-40-9-10-41-8-7-32-24-14-22(29-18(3)35)23(13-21(24)17(2)15-27(32,4)5)30-31-26-19(16-28)11-20(33(36)37)12-25(26)34(38)39/h11-14,17H,6-10,15H2,1-5H3,(H,29,35)/t17-/m1/s1. The van der Waals surface area contributed by atoms with Gasteiger partial charge in [0.25, 0.3) is 5.69 Å². The predicted octanol–water partition coefficient (Wildman–Crippen LogP) is 5.89. The van der Waals surface area contributed by atoms with Gasteiger partial charge in [0, 0.05) is 37.4 Å². The Hall–Kier alpha value is -4.48. The van der Waals surface area contributed by atoms with E-state index in [1.165, 1.54) is 6.92 Å². The number of benzene rings is 2. The largest absolute Gasteiger partial charge is 0.379 e. The third kappa shape index (κ3) is 7.38. The zero-order valence-corrected chi connectivity index (χ0v) is 23.7. The molecule has 0 saturated heterocycles. The highest BCUT2D eigenvalue weighted by atomic mass is 16.6. The highest BCUT2D eigenvalue weighted by Crippen LogP contribution is 2.47. The Bertz CT molecular complexity index is 1400. The molecule has 218 valence electrons. The summed E-state index contributed by atoms with van der Waals surface area (Å²) in [6, 6.07) is 6.90. The summed E-state index contributed by atoms with van der Waals surface area (Å²) in [5.41, 5.74) is -0.0290. The van der Waals surface area contributed by atoms with E-state index in [-0.39, 0.29) is 28.6 Å². The number of azo groups is 1. The molecule has 0 aromatic heterocycles. The first-order valence-electron chi connectivity index (χ1n) is 13.1. The van der Waals surface area contributed by atoms with E-state index in [1.807, 2.05) is 6.92 Å². The number of ether oxygens (including phenoxy) is 2. The van der Waals surface area contributed by atoms with Gasteiger partial charge >= 0.3 is 5.69 Å². The molecule has 1 amide bonds. The lowest BCUT2D eigenvalue weighted by atomic mass is 9.79. The third-order valence-corrected chi connectivity index (χ3v) is 6.71. The number of nitro benzene ring substituents is 2. The number of non-ortho nitro benzene ring substituents is 1. The molecular formula is C27H33N7O7. The van der Waals surface area contributed by atoms with Gasteiger partial charge in [0.15, 0.2) is 5.69 Å². The molecule has 1 aliphatic rings. The van der Waals surface area contributed by atoms with Crippen LogP contribution in [0.5, 0.6) is 0 Å². The van der Waals surface area contributed by atoms with Crippen LogP contribution in [0.15, 0.2) is 34.5 Å². The van der Waals surface area contributed by atoms with Crippen molar-refractivity contribution in [1.29, 1.82) is 5.26 Å². The summed E-state index contributed by atoms with van der Waals surface area (Å²) in [7, 11) is 0. The van der Waals surface area contributed by atoms with E-state index in [2.05, 4.69) is 41.2 Å². The first kappa shape index (κ1) is 31.1. The second kappa shape index (κ2) is 13.2. The minimum absolute atomic E-state index is 0.0961. The summed E-state index contributed by atoms with van der Waals surface area (Å²) in [4.78, 5) is 35.5. The van der Waals surface area contributed by atoms with Crippen molar-refractivity contribution in [2.24, 2.45) is 10.2 Å². The fourth-order valence-electron chi connectivity index (χ4n) is 4.98. The molecule has 1 heterocycles. The Labute approximate surface area is 237 Å². The lowest BCUT2D eigenvalue weighted by Crippen LogP contribution is -2.49. The zero-order valence-electron chi connectivity index (χ0n) is 23.7. The number of nitriles is 1. The molecule has 3 rings (SSSR count). The third-order valence-electron chi connectivity index (χ3n) is 6.71. The van der Waals surface area contributed by atoms with E-state index in [9.17, 15) is 30.3 Å². The monoisotopic (exact) mass is 567 g/mol. The van der Waals surface area contributed by atoms with Crippen molar-refractivity contribution in [2.45, 2.75) is 52.5 Å². The molecule has 0 fully saturated rings. The van der Waals surface area contributed by atoms with Crippen LogP contribution in [0, 0.1) is 31.6 Å². The molecule has 1 N–H and O–H groups in total. The fourth-order valence-corrected chi connectivity index (χ4v) is 4.98. The molecule has 14 nitrogen and oxygen atoms in total. The van der Waals surface area contributed by atoms with Crippen molar-refractivity contribution in [3.8, 4) is 6.07 Å². The van der Waals surface area contributed by atoms with Gasteiger partial charge in [0.1, 0.15) is 11.8 Å². The molecule has 0 saturated carbocycles. The first-order chi connectivity index (χ1) is 19.4. The molecule has 0 radical (unpaired) electrons. The maximum atomic E-state index is 12.1. The van der Waals surface area contributed by atoms with E-state index in [1.54, 1.807) is 18.2 Å². The summed E-state index contributed by atoms with van der Waals surface area (Å²) in [6.45, 7) is 12.2. The summed E-state index contributed by atoms with van der Waals surface area (Å²) < 4.78 is 11.1. The van der Waals surface area contributed by atoms with Crippen molar-refractivity contribution in [1.82, 2.24) is 0 Å². The summed E-state index contributed by atoms with van der Waals surface area (Å²) in [5.74, 6) is -0.270. The van der Waals surface area contributed by atoms with Crippen LogP contribution in [0.25, 0.3) is 0 Å². The Balaban J connectivity index is 2.08. The van der Waals surface area contributed by atoms with Gasteiger partial charge in [0.2, 0.25) is 5.91 Å². The minimum atomic E-state index is -0.859. The van der Waals surface area contributed by atoms with Gasteiger partial charge < -0.3 is 19.7 Å². The number of carbonyl (C=O) groups excluding carboxylic acids is 1. The molecule has 14 heteroatoms. The van der Waals surface area contributed by atoms with Crippen LogP contribution in [0.2, 0.25) is 0 Å². The Kier molecular flexibility index (Phi) is 10.0. The molecule has 0 spiro atoms. The van der Waals surface area contributed by atoms with Crippen molar-refractivity contribution in [2.75, 3.05) is 43.2 Å². The van der Waals surface area contributed by atoms with Gasteiger partial charge in [0.05, 0.1) is 47.0 Å². The van der Waals surface area contributed by atoms with E-state index >= 15 is 0 Å². The zero-order chi connectivity index (χ0) is 30.3. The van der Waals surface area contributed by atoms with Gasteiger partial charge in [-0.15, -0.1) is 10.2 Å². The number of anilines is 2. The number of carbonyl (C=O) groups is 1. The van der Waals surface area contributed by atoms with Gasteiger partial charge in [-0.2, -0.15) is 5.26 Å². The smallest absolute Gasteiger partial charge is 0.304 e. The summed E-state index contributed by atoms with van der Waals surface area (Å²) in [6.07, 6.45) is 0.807. The predicted molar refractivity (Wildman–Crippen MR) is 151 cm³/mol. The normalized spacial score (nSPS) is 15.8. The number of hydrogen-bond donors (Lipinski definition) is 1.